The summed E-state index contributed by atoms with van der Waals surface area (Å²) in [4.78, 5) is 15.3. The molecule has 92 valence electrons. The van der Waals surface area contributed by atoms with E-state index < -0.39 is 11.9 Å². The van der Waals surface area contributed by atoms with E-state index in [-0.39, 0.29) is 11.6 Å². The highest BCUT2D eigenvalue weighted by molar-refractivity contribution is 5.94. The van der Waals surface area contributed by atoms with Gasteiger partial charge in [0.15, 0.2) is 0 Å². The highest BCUT2D eigenvalue weighted by atomic mass is 19.1. The molecule has 18 heavy (non-hydrogen) atoms. The standard InChI is InChI=1S/C14H13FN2O/c1-10(11-6-3-2-4-7-11)17-14(18)12-8-5-9-16-13(12)15/h2-10H,1H3,(H,17,18)/t10-/m1/s1. The van der Waals surface area contributed by atoms with Gasteiger partial charge in [0.2, 0.25) is 5.95 Å². The van der Waals surface area contributed by atoms with E-state index in [1.165, 1.54) is 18.3 Å². The highest BCUT2D eigenvalue weighted by Crippen LogP contribution is 2.12. The average molecular weight is 244 g/mol. The number of benzene rings is 1. The first kappa shape index (κ1) is 12.2. The van der Waals surface area contributed by atoms with Crippen molar-refractivity contribution >= 4 is 5.91 Å². The van der Waals surface area contributed by atoms with Crippen molar-refractivity contribution in [3.63, 3.8) is 0 Å². The number of nitrogens with zero attached hydrogens (tertiary/aromatic N) is 1. The van der Waals surface area contributed by atoms with Crippen LogP contribution in [0.15, 0.2) is 48.7 Å². The minimum absolute atomic E-state index is 0.0414. The largest absolute Gasteiger partial charge is 0.345 e. The number of hydrogen-bond acceptors (Lipinski definition) is 2. The number of rotatable bonds is 3. The van der Waals surface area contributed by atoms with E-state index in [1.807, 2.05) is 37.3 Å². The highest BCUT2D eigenvalue weighted by Gasteiger charge is 2.14. The van der Waals surface area contributed by atoms with Crippen molar-refractivity contribution in [1.82, 2.24) is 10.3 Å². The lowest BCUT2D eigenvalue weighted by molar-refractivity contribution is 0.0935. The summed E-state index contributed by atoms with van der Waals surface area (Å²) in [5, 5.41) is 2.73. The topological polar surface area (TPSA) is 42.0 Å². The van der Waals surface area contributed by atoms with Gasteiger partial charge in [-0.3, -0.25) is 4.79 Å². The SMILES string of the molecule is C[C@@H](NC(=O)c1cccnc1F)c1ccccc1. The molecular weight excluding hydrogens is 231 g/mol. The molecule has 4 heteroatoms. The quantitative estimate of drug-likeness (QED) is 0.843. The Kier molecular flexibility index (Phi) is 3.67. The van der Waals surface area contributed by atoms with Gasteiger partial charge in [0.1, 0.15) is 0 Å². The van der Waals surface area contributed by atoms with E-state index in [0.717, 1.165) is 5.56 Å². The van der Waals surface area contributed by atoms with Crippen LogP contribution in [0.1, 0.15) is 28.9 Å². The number of carbonyl (C=O) groups excluding carboxylic acids is 1. The molecule has 1 aromatic carbocycles. The molecule has 0 saturated heterocycles. The summed E-state index contributed by atoms with van der Waals surface area (Å²) in [7, 11) is 0. The van der Waals surface area contributed by atoms with Crippen LogP contribution in [0, 0.1) is 5.95 Å². The van der Waals surface area contributed by atoms with Crippen molar-refractivity contribution in [2.75, 3.05) is 0 Å². The molecule has 1 amide bonds. The van der Waals surface area contributed by atoms with E-state index in [2.05, 4.69) is 10.3 Å². The number of halogens is 1. The summed E-state index contributed by atoms with van der Waals surface area (Å²) in [6, 6.07) is 12.3. The third-order valence-electron chi connectivity index (χ3n) is 2.65. The molecule has 0 bridgehead atoms. The predicted octanol–water partition coefficient (Wildman–Crippen LogP) is 2.71. The Balaban J connectivity index is 2.11. The predicted molar refractivity (Wildman–Crippen MR) is 66.5 cm³/mol. The smallest absolute Gasteiger partial charge is 0.256 e. The molecule has 1 aromatic heterocycles. The summed E-state index contributed by atoms with van der Waals surface area (Å²) in [6.45, 7) is 1.85. The lowest BCUT2D eigenvalue weighted by atomic mass is 10.1. The normalized spacial score (nSPS) is 11.9. The summed E-state index contributed by atoms with van der Waals surface area (Å²) in [5.41, 5.74) is 0.926. The van der Waals surface area contributed by atoms with Crippen LogP contribution in [0.4, 0.5) is 4.39 Å². The first-order valence-corrected chi connectivity index (χ1v) is 5.65. The van der Waals surface area contributed by atoms with Gasteiger partial charge in [-0.25, -0.2) is 4.98 Å². The third kappa shape index (κ3) is 2.71. The van der Waals surface area contributed by atoms with Gasteiger partial charge in [0.05, 0.1) is 11.6 Å². The van der Waals surface area contributed by atoms with Crippen LogP contribution >= 0.6 is 0 Å². The molecule has 0 aliphatic carbocycles. The van der Waals surface area contributed by atoms with Crippen LogP contribution in [-0.4, -0.2) is 10.9 Å². The van der Waals surface area contributed by atoms with Crippen LogP contribution in [0.2, 0.25) is 0 Å². The van der Waals surface area contributed by atoms with Gasteiger partial charge in [0, 0.05) is 6.20 Å². The molecule has 1 N–H and O–H groups in total. The lowest BCUT2D eigenvalue weighted by Gasteiger charge is -2.14. The second-order valence-electron chi connectivity index (χ2n) is 3.95. The van der Waals surface area contributed by atoms with Crippen LogP contribution in [0.5, 0.6) is 0 Å². The molecule has 0 spiro atoms. The van der Waals surface area contributed by atoms with Gasteiger partial charge in [-0.15, -0.1) is 0 Å². The second kappa shape index (κ2) is 5.40. The average Bonchev–Trinajstić information content (AvgIpc) is 2.40. The number of nitrogens with one attached hydrogen (secondary N) is 1. The Bertz CT molecular complexity index is 543. The van der Waals surface area contributed by atoms with E-state index in [9.17, 15) is 9.18 Å². The number of aromatic nitrogens is 1. The summed E-state index contributed by atoms with van der Waals surface area (Å²) < 4.78 is 13.3. The number of amides is 1. The fraction of sp³-hybridized carbons (Fsp3) is 0.143. The molecule has 1 atom stereocenters. The minimum Gasteiger partial charge on any atom is -0.345 e. The summed E-state index contributed by atoms with van der Waals surface area (Å²) in [5.74, 6) is -1.22. The molecule has 0 unspecified atom stereocenters. The minimum atomic E-state index is -0.754. The maximum absolute atomic E-state index is 13.3. The molecular formula is C14H13FN2O. The van der Waals surface area contributed by atoms with Crippen molar-refractivity contribution < 1.29 is 9.18 Å². The van der Waals surface area contributed by atoms with Crippen LogP contribution in [0.25, 0.3) is 0 Å². The van der Waals surface area contributed by atoms with Gasteiger partial charge in [-0.2, -0.15) is 4.39 Å². The van der Waals surface area contributed by atoms with Gasteiger partial charge in [-0.1, -0.05) is 30.3 Å². The molecule has 0 aliphatic rings. The van der Waals surface area contributed by atoms with Crippen molar-refractivity contribution in [2.45, 2.75) is 13.0 Å². The van der Waals surface area contributed by atoms with Crippen LogP contribution in [0.3, 0.4) is 0 Å². The fourth-order valence-corrected chi connectivity index (χ4v) is 1.65. The molecule has 3 nitrogen and oxygen atoms in total. The van der Waals surface area contributed by atoms with Crippen molar-refractivity contribution in [3.8, 4) is 0 Å². The molecule has 0 radical (unpaired) electrons. The lowest BCUT2D eigenvalue weighted by Crippen LogP contribution is -2.27. The molecule has 0 saturated carbocycles. The second-order valence-corrected chi connectivity index (χ2v) is 3.95. The van der Waals surface area contributed by atoms with E-state index >= 15 is 0 Å². The Morgan fingerprint density at radius 1 is 1.22 bits per heavy atom. The maximum atomic E-state index is 13.3. The van der Waals surface area contributed by atoms with Crippen LogP contribution in [-0.2, 0) is 0 Å². The molecule has 2 aromatic rings. The zero-order chi connectivity index (χ0) is 13.0. The Labute approximate surface area is 105 Å². The van der Waals surface area contributed by atoms with Gasteiger partial charge >= 0.3 is 0 Å². The Morgan fingerprint density at radius 2 is 1.94 bits per heavy atom. The van der Waals surface area contributed by atoms with Crippen molar-refractivity contribution in [2.24, 2.45) is 0 Å². The van der Waals surface area contributed by atoms with Gasteiger partial charge in [-0.05, 0) is 24.6 Å². The van der Waals surface area contributed by atoms with E-state index in [4.69, 9.17) is 0 Å². The Hall–Kier alpha value is -2.23. The first-order valence-electron chi connectivity index (χ1n) is 5.65. The number of hydrogen-bond donors (Lipinski definition) is 1. The van der Waals surface area contributed by atoms with Crippen molar-refractivity contribution in [1.29, 1.82) is 0 Å². The number of pyridine rings is 1. The first-order chi connectivity index (χ1) is 8.68. The summed E-state index contributed by atoms with van der Waals surface area (Å²) >= 11 is 0. The monoisotopic (exact) mass is 244 g/mol. The van der Waals surface area contributed by atoms with Crippen molar-refractivity contribution in [3.05, 3.63) is 65.7 Å². The van der Waals surface area contributed by atoms with Crippen LogP contribution < -0.4 is 5.32 Å². The number of carbonyl (C=O) groups is 1. The van der Waals surface area contributed by atoms with E-state index in [0.29, 0.717) is 0 Å². The summed E-state index contributed by atoms with van der Waals surface area (Å²) in [6.07, 6.45) is 1.31. The van der Waals surface area contributed by atoms with Gasteiger partial charge < -0.3 is 5.32 Å². The zero-order valence-corrected chi connectivity index (χ0v) is 9.93. The maximum Gasteiger partial charge on any atom is 0.256 e. The molecule has 0 fully saturated rings. The fourth-order valence-electron chi connectivity index (χ4n) is 1.65. The Morgan fingerprint density at radius 3 is 2.61 bits per heavy atom. The molecule has 0 aliphatic heterocycles. The zero-order valence-electron chi connectivity index (χ0n) is 9.93. The van der Waals surface area contributed by atoms with Gasteiger partial charge in [0.25, 0.3) is 5.91 Å². The molecule has 2 rings (SSSR count). The van der Waals surface area contributed by atoms with E-state index in [1.54, 1.807) is 0 Å². The third-order valence-corrected chi connectivity index (χ3v) is 2.65. The molecule has 1 heterocycles.